The lowest BCUT2D eigenvalue weighted by Crippen LogP contribution is -2.32. The number of nitrogens with two attached hydrogens (primary N) is 1. The molecule has 178 valence electrons. The number of nitrogen functional groups attached to an aromatic ring is 1. The van der Waals surface area contributed by atoms with Gasteiger partial charge in [-0.3, -0.25) is 4.79 Å². The number of benzene rings is 1. The highest BCUT2D eigenvalue weighted by atomic mass is 19.1. The number of halogens is 1. The molecular weight excluding hydrogens is 415 g/mol. The van der Waals surface area contributed by atoms with E-state index in [1.54, 1.807) is 6.07 Å². The molecule has 2 aliphatic rings. The maximum absolute atomic E-state index is 14.8. The fourth-order valence-electron chi connectivity index (χ4n) is 5.95. The van der Waals surface area contributed by atoms with Gasteiger partial charge in [-0.25, -0.2) is 14.4 Å². The predicted octanol–water partition coefficient (Wildman–Crippen LogP) is 4.94. The van der Waals surface area contributed by atoms with E-state index in [1.165, 1.54) is 25.3 Å². The van der Waals surface area contributed by atoms with Crippen LogP contribution in [0.25, 0.3) is 0 Å². The van der Waals surface area contributed by atoms with Crippen molar-refractivity contribution in [2.24, 2.45) is 17.8 Å². The van der Waals surface area contributed by atoms with Crippen LogP contribution in [0.4, 0.5) is 10.3 Å². The molecule has 5 nitrogen and oxygen atoms in total. The van der Waals surface area contributed by atoms with Crippen LogP contribution in [-0.4, -0.2) is 28.8 Å². The van der Waals surface area contributed by atoms with Crippen LogP contribution in [0.3, 0.4) is 0 Å². The molecule has 0 saturated carbocycles. The summed E-state index contributed by atoms with van der Waals surface area (Å²) >= 11 is 0. The molecular formula is C27H37FN4O. The molecule has 1 aliphatic heterocycles. The number of ketones is 1. The molecule has 0 bridgehead atoms. The number of hydrogen-bond donors (Lipinski definition) is 2. The van der Waals surface area contributed by atoms with Crippen LogP contribution in [0.2, 0.25) is 0 Å². The van der Waals surface area contributed by atoms with Crippen LogP contribution >= 0.6 is 0 Å². The van der Waals surface area contributed by atoms with Crippen LogP contribution in [0.5, 0.6) is 0 Å². The largest absolute Gasteiger partial charge is 0.368 e. The topological polar surface area (TPSA) is 80.9 Å². The summed E-state index contributed by atoms with van der Waals surface area (Å²) in [5.74, 6) is 0.608. The molecule has 3 N–H and O–H groups in total. The van der Waals surface area contributed by atoms with E-state index in [2.05, 4.69) is 10.3 Å². The van der Waals surface area contributed by atoms with Gasteiger partial charge in [0.25, 0.3) is 0 Å². The zero-order valence-corrected chi connectivity index (χ0v) is 20.1. The standard InChI is InChI=1S/C27H37FN4O/c1-16-7-6-9-23(28)25(16)17(2)20-12-21-15-31-27(29)32-26(21)22(18(3)24(33)13-20)11-19-8-4-5-10-30-14-19/h6-7,9,15,17-20,22,30H,4-5,8,10-14H2,1-3H3,(H2,29,31,32)/t17?,18?,19-,20?,22?/m1/s1. The van der Waals surface area contributed by atoms with Crippen molar-refractivity contribution in [1.29, 1.82) is 0 Å². The van der Waals surface area contributed by atoms with Crippen molar-refractivity contribution >= 4 is 11.7 Å². The number of carbonyl (C=O) groups excluding carboxylic acids is 1. The SMILES string of the molecule is Cc1cccc(F)c1C(C)C1CC(=O)C(C)C(C[C@H]2CCCCNC2)c2nc(N)ncc2C1. The molecule has 1 fully saturated rings. The molecule has 0 radical (unpaired) electrons. The molecule has 4 unspecified atom stereocenters. The van der Waals surface area contributed by atoms with Gasteiger partial charge in [0.2, 0.25) is 5.95 Å². The zero-order valence-electron chi connectivity index (χ0n) is 20.1. The van der Waals surface area contributed by atoms with Gasteiger partial charge < -0.3 is 11.1 Å². The van der Waals surface area contributed by atoms with E-state index < -0.39 is 0 Å². The zero-order chi connectivity index (χ0) is 23.5. The molecule has 2 aromatic rings. The summed E-state index contributed by atoms with van der Waals surface area (Å²) in [4.78, 5) is 22.5. The molecule has 1 saturated heterocycles. The average molecular weight is 453 g/mol. The van der Waals surface area contributed by atoms with E-state index in [9.17, 15) is 9.18 Å². The summed E-state index contributed by atoms with van der Waals surface area (Å²) in [5.41, 5.74) is 9.65. The van der Waals surface area contributed by atoms with Crippen molar-refractivity contribution in [3.63, 3.8) is 0 Å². The molecule has 1 aromatic carbocycles. The number of hydrogen-bond acceptors (Lipinski definition) is 5. The predicted molar refractivity (Wildman–Crippen MR) is 130 cm³/mol. The number of rotatable bonds is 4. The van der Waals surface area contributed by atoms with Gasteiger partial charge in [0.1, 0.15) is 11.6 Å². The van der Waals surface area contributed by atoms with Crippen molar-refractivity contribution < 1.29 is 9.18 Å². The van der Waals surface area contributed by atoms with Crippen LogP contribution in [0, 0.1) is 30.5 Å². The quantitative estimate of drug-likeness (QED) is 0.687. The first-order valence-electron chi connectivity index (χ1n) is 12.4. The molecule has 6 heteroatoms. The van der Waals surface area contributed by atoms with Crippen LogP contribution < -0.4 is 11.1 Å². The summed E-state index contributed by atoms with van der Waals surface area (Å²) in [7, 11) is 0. The molecule has 1 aliphatic carbocycles. The highest BCUT2D eigenvalue weighted by molar-refractivity contribution is 5.82. The monoisotopic (exact) mass is 452 g/mol. The maximum atomic E-state index is 14.8. The number of nitrogens with zero attached hydrogens (tertiary/aromatic N) is 2. The Bertz CT molecular complexity index is 966. The van der Waals surface area contributed by atoms with E-state index >= 15 is 0 Å². The average Bonchev–Trinajstić information content (AvgIpc) is 3.05. The minimum Gasteiger partial charge on any atom is -0.368 e. The third-order valence-corrected chi connectivity index (χ3v) is 7.99. The van der Waals surface area contributed by atoms with Crippen molar-refractivity contribution in [2.45, 2.75) is 71.1 Å². The lowest BCUT2D eigenvalue weighted by atomic mass is 9.70. The molecule has 5 atom stereocenters. The lowest BCUT2D eigenvalue weighted by Gasteiger charge is -2.34. The Morgan fingerprint density at radius 1 is 1.27 bits per heavy atom. The molecule has 0 spiro atoms. The summed E-state index contributed by atoms with van der Waals surface area (Å²) in [6, 6.07) is 5.20. The van der Waals surface area contributed by atoms with Gasteiger partial charge in [-0.05, 0) is 86.2 Å². The lowest BCUT2D eigenvalue weighted by molar-refractivity contribution is -0.124. The molecule has 2 heterocycles. The van der Waals surface area contributed by atoms with Crippen LogP contribution in [0.15, 0.2) is 24.4 Å². The molecule has 33 heavy (non-hydrogen) atoms. The Hall–Kier alpha value is -2.34. The molecule has 0 amide bonds. The molecule has 1 aromatic heterocycles. The second kappa shape index (κ2) is 10.3. The Morgan fingerprint density at radius 3 is 2.88 bits per heavy atom. The first-order valence-corrected chi connectivity index (χ1v) is 12.4. The minimum atomic E-state index is -0.197. The summed E-state index contributed by atoms with van der Waals surface area (Å²) < 4.78 is 14.8. The Balaban J connectivity index is 1.69. The fourth-order valence-corrected chi connectivity index (χ4v) is 5.95. The van der Waals surface area contributed by atoms with Gasteiger partial charge in [0.05, 0.1) is 5.69 Å². The van der Waals surface area contributed by atoms with E-state index in [0.717, 1.165) is 36.3 Å². The Kier molecular flexibility index (Phi) is 7.42. The van der Waals surface area contributed by atoms with Crippen molar-refractivity contribution in [3.8, 4) is 0 Å². The third-order valence-electron chi connectivity index (χ3n) is 7.99. The van der Waals surface area contributed by atoms with Crippen LogP contribution in [0.1, 0.15) is 80.2 Å². The Morgan fingerprint density at radius 2 is 2.09 bits per heavy atom. The number of Topliss-reactive ketones (excluding diaryl/α,β-unsaturated/α-hetero) is 1. The second-order valence-corrected chi connectivity index (χ2v) is 10.2. The number of aryl methyl sites for hydroxylation is 1. The summed E-state index contributed by atoms with van der Waals surface area (Å²) in [6.45, 7) is 8.08. The third kappa shape index (κ3) is 5.26. The van der Waals surface area contributed by atoms with Gasteiger partial charge in [-0.1, -0.05) is 32.4 Å². The second-order valence-electron chi connectivity index (χ2n) is 10.2. The number of carbonyl (C=O) groups is 1. The minimum absolute atomic E-state index is 0.0120. The maximum Gasteiger partial charge on any atom is 0.220 e. The first-order chi connectivity index (χ1) is 15.8. The van der Waals surface area contributed by atoms with Crippen molar-refractivity contribution in [2.75, 3.05) is 18.8 Å². The normalized spacial score (nSPS) is 27.2. The number of anilines is 1. The number of fused-ring (bicyclic) bond motifs is 1. The van der Waals surface area contributed by atoms with Gasteiger partial charge >= 0.3 is 0 Å². The first kappa shape index (κ1) is 23.8. The van der Waals surface area contributed by atoms with Crippen LogP contribution in [-0.2, 0) is 11.2 Å². The summed E-state index contributed by atoms with van der Waals surface area (Å²) in [6.07, 6.45) is 7.46. The van der Waals surface area contributed by atoms with Gasteiger partial charge in [-0.15, -0.1) is 0 Å². The van der Waals surface area contributed by atoms with Gasteiger partial charge in [0, 0.05) is 24.5 Å². The highest BCUT2D eigenvalue weighted by Crippen LogP contribution is 2.42. The number of aromatic nitrogens is 2. The van der Waals surface area contributed by atoms with E-state index in [1.807, 2.05) is 33.0 Å². The van der Waals surface area contributed by atoms with E-state index in [4.69, 9.17) is 10.7 Å². The summed E-state index contributed by atoms with van der Waals surface area (Å²) in [5, 5.41) is 3.55. The highest BCUT2D eigenvalue weighted by Gasteiger charge is 2.37. The number of nitrogens with one attached hydrogen (secondary N) is 1. The van der Waals surface area contributed by atoms with Gasteiger partial charge in [-0.2, -0.15) is 0 Å². The van der Waals surface area contributed by atoms with Crippen molar-refractivity contribution in [3.05, 3.63) is 52.6 Å². The smallest absolute Gasteiger partial charge is 0.220 e. The van der Waals surface area contributed by atoms with E-state index in [0.29, 0.717) is 24.3 Å². The van der Waals surface area contributed by atoms with Gasteiger partial charge in [0.15, 0.2) is 0 Å². The fraction of sp³-hybridized carbons (Fsp3) is 0.593. The van der Waals surface area contributed by atoms with Crippen molar-refractivity contribution in [1.82, 2.24) is 15.3 Å². The van der Waals surface area contributed by atoms with E-state index in [-0.39, 0.29) is 41.2 Å². The molecule has 4 rings (SSSR count). The Labute approximate surface area is 196 Å².